The van der Waals surface area contributed by atoms with Crippen LogP contribution < -0.4 is 4.72 Å². The summed E-state index contributed by atoms with van der Waals surface area (Å²) in [4.78, 5) is 0.249. The fraction of sp³-hybridized carbons (Fsp3) is 0.462. The van der Waals surface area contributed by atoms with E-state index in [-0.39, 0.29) is 4.90 Å². The van der Waals surface area contributed by atoms with Gasteiger partial charge in [0.2, 0.25) is 10.0 Å². The molecule has 21 heavy (non-hydrogen) atoms. The molecular weight excluding hydrogens is 290 g/mol. The van der Waals surface area contributed by atoms with Crippen LogP contribution in [0.1, 0.15) is 37.9 Å². The molecule has 1 aliphatic rings. The average Bonchev–Trinajstić information content (AvgIpc) is 3.04. The molecule has 0 unspecified atom stereocenters. The van der Waals surface area contributed by atoms with Gasteiger partial charge in [-0.15, -0.1) is 10.2 Å². The molecule has 0 radical (unpaired) electrons. The third-order valence-electron chi connectivity index (χ3n) is 3.86. The quantitative estimate of drug-likeness (QED) is 0.887. The van der Waals surface area contributed by atoms with E-state index >= 15 is 0 Å². The topological polar surface area (TPSA) is 101 Å². The van der Waals surface area contributed by atoms with Crippen molar-refractivity contribution in [3.8, 4) is 0 Å². The lowest BCUT2D eigenvalue weighted by molar-refractivity contribution is 0.259. The molecule has 1 saturated carbocycles. The van der Waals surface area contributed by atoms with E-state index in [4.69, 9.17) is 0 Å². The maximum atomic E-state index is 12.6. The molecule has 0 saturated heterocycles. The van der Waals surface area contributed by atoms with Crippen LogP contribution in [0.2, 0.25) is 0 Å². The van der Waals surface area contributed by atoms with Crippen molar-refractivity contribution in [2.45, 2.75) is 42.5 Å². The van der Waals surface area contributed by atoms with Gasteiger partial charge in [-0.1, -0.05) is 42.7 Å². The predicted molar refractivity (Wildman–Crippen MR) is 75.7 cm³/mol. The van der Waals surface area contributed by atoms with Gasteiger partial charge in [-0.2, -0.15) is 9.94 Å². The van der Waals surface area contributed by atoms with Gasteiger partial charge in [0.05, 0.1) is 10.4 Å². The van der Waals surface area contributed by atoms with Gasteiger partial charge >= 0.3 is 0 Å². The third kappa shape index (κ3) is 2.81. The van der Waals surface area contributed by atoms with E-state index in [1.807, 2.05) is 0 Å². The zero-order valence-electron chi connectivity index (χ0n) is 11.5. The Morgan fingerprint density at radius 2 is 1.81 bits per heavy atom. The van der Waals surface area contributed by atoms with E-state index in [2.05, 4.69) is 25.3 Å². The van der Waals surface area contributed by atoms with E-state index in [0.29, 0.717) is 18.7 Å². The molecule has 1 aliphatic carbocycles. The van der Waals surface area contributed by atoms with E-state index in [1.165, 1.54) is 0 Å². The van der Waals surface area contributed by atoms with E-state index in [1.54, 1.807) is 30.3 Å². The summed E-state index contributed by atoms with van der Waals surface area (Å²) >= 11 is 0. The van der Waals surface area contributed by atoms with Crippen LogP contribution in [0, 0.1) is 0 Å². The number of hydrogen-bond acceptors (Lipinski definition) is 5. The molecule has 2 aromatic rings. The first kappa shape index (κ1) is 14.2. The van der Waals surface area contributed by atoms with Gasteiger partial charge in [-0.05, 0) is 25.0 Å². The lowest BCUT2D eigenvalue weighted by Gasteiger charge is -2.34. The second kappa shape index (κ2) is 5.53. The molecule has 1 aromatic carbocycles. The number of H-pyrrole nitrogens is 1. The summed E-state index contributed by atoms with van der Waals surface area (Å²) in [6, 6.07) is 8.35. The predicted octanol–water partition coefficient (Wildman–Crippen LogP) is 1.34. The first-order valence-corrected chi connectivity index (χ1v) is 8.44. The average molecular weight is 307 g/mol. The Bertz CT molecular complexity index is 679. The number of nitrogens with one attached hydrogen (secondary N) is 2. The van der Waals surface area contributed by atoms with Gasteiger partial charge in [0.15, 0.2) is 5.82 Å². The summed E-state index contributed by atoms with van der Waals surface area (Å²) in [6.07, 6.45) is 4.32. The van der Waals surface area contributed by atoms with Crippen molar-refractivity contribution in [1.82, 2.24) is 25.3 Å². The zero-order chi connectivity index (χ0) is 14.8. The van der Waals surface area contributed by atoms with Crippen LogP contribution in [0.5, 0.6) is 0 Å². The van der Waals surface area contributed by atoms with Crippen molar-refractivity contribution in [3.05, 3.63) is 36.2 Å². The number of aromatic amines is 1. The fourth-order valence-corrected chi connectivity index (χ4v) is 4.25. The third-order valence-corrected chi connectivity index (χ3v) is 5.42. The Hall–Kier alpha value is -1.80. The van der Waals surface area contributed by atoms with Crippen molar-refractivity contribution in [2.75, 3.05) is 0 Å². The smallest absolute Gasteiger partial charge is 0.207 e. The number of rotatable bonds is 4. The Morgan fingerprint density at radius 1 is 1.10 bits per heavy atom. The molecule has 0 spiro atoms. The first-order valence-electron chi connectivity index (χ1n) is 6.95. The maximum absolute atomic E-state index is 12.6. The van der Waals surface area contributed by atoms with Crippen LogP contribution in [0.15, 0.2) is 35.2 Å². The summed E-state index contributed by atoms with van der Waals surface area (Å²) < 4.78 is 28.0. The highest BCUT2D eigenvalue weighted by atomic mass is 32.2. The number of nitrogens with zero attached hydrogens (tertiary/aromatic N) is 3. The van der Waals surface area contributed by atoms with Gasteiger partial charge < -0.3 is 0 Å². The summed E-state index contributed by atoms with van der Waals surface area (Å²) in [5.41, 5.74) is -0.764. The molecule has 1 aromatic heterocycles. The minimum atomic E-state index is -3.62. The van der Waals surface area contributed by atoms with Crippen LogP contribution in [0.4, 0.5) is 0 Å². The molecule has 1 fully saturated rings. The summed E-state index contributed by atoms with van der Waals surface area (Å²) in [6.45, 7) is 0. The summed E-state index contributed by atoms with van der Waals surface area (Å²) in [7, 11) is -3.62. The molecule has 2 N–H and O–H groups in total. The number of hydrogen-bond donors (Lipinski definition) is 2. The van der Waals surface area contributed by atoms with Gasteiger partial charge in [0, 0.05) is 0 Å². The van der Waals surface area contributed by atoms with Gasteiger partial charge in [0.1, 0.15) is 0 Å². The number of tetrazole rings is 1. The Labute approximate surface area is 123 Å². The molecule has 112 valence electrons. The molecule has 8 heteroatoms. The molecular formula is C13H17N5O2S. The maximum Gasteiger partial charge on any atom is 0.241 e. The van der Waals surface area contributed by atoms with Crippen molar-refractivity contribution >= 4 is 10.0 Å². The Kier molecular flexibility index (Phi) is 3.73. The normalized spacial score (nSPS) is 18.5. The van der Waals surface area contributed by atoms with E-state index < -0.39 is 15.6 Å². The summed E-state index contributed by atoms with van der Waals surface area (Å²) in [5, 5.41) is 14.0. The van der Waals surface area contributed by atoms with Gasteiger partial charge in [-0.25, -0.2) is 8.42 Å². The lowest BCUT2D eigenvalue weighted by atomic mass is 9.82. The van der Waals surface area contributed by atoms with Crippen molar-refractivity contribution in [2.24, 2.45) is 0 Å². The Morgan fingerprint density at radius 3 is 2.43 bits per heavy atom. The van der Waals surface area contributed by atoms with Crippen molar-refractivity contribution in [1.29, 1.82) is 0 Å². The van der Waals surface area contributed by atoms with Crippen LogP contribution in [-0.4, -0.2) is 29.0 Å². The number of sulfonamides is 1. The molecule has 1 heterocycles. The molecule has 3 rings (SSSR count). The van der Waals surface area contributed by atoms with Crippen LogP contribution >= 0.6 is 0 Å². The van der Waals surface area contributed by atoms with Crippen LogP contribution in [0.3, 0.4) is 0 Å². The van der Waals surface area contributed by atoms with Crippen molar-refractivity contribution < 1.29 is 8.42 Å². The zero-order valence-corrected chi connectivity index (χ0v) is 12.3. The number of benzene rings is 1. The highest BCUT2D eigenvalue weighted by molar-refractivity contribution is 7.89. The van der Waals surface area contributed by atoms with Gasteiger partial charge in [-0.3, -0.25) is 0 Å². The SMILES string of the molecule is O=S(=O)(NC1(c2nn[nH]n2)CCCCC1)c1ccccc1. The second-order valence-corrected chi connectivity index (χ2v) is 6.98. The van der Waals surface area contributed by atoms with Crippen molar-refractivity contribution in [3.63, 3.8) is 0 Å². The fourth-order valence-electron chi connectivity index (χ4n) is 2.81. The monoisotopic (exact) mass is 307 g/mol. The molecule has 7 nitrogen and oxygen atoms in total. The number of aromatic nitrogens is 4. The van der Waals surface area contributed by atoms with Gasteiger partial charge in [0.25, 0.3) is 0 Å². The molecule has 0 aliphatic heterocycles. The molecule has 0 bridgehead atoms. The van der Waals surface area contributed by atoms with Crippen LogP contribution in [-0.2, 0) is 15.6 Å². The summed E-state index contributed by atoms with van der Waals surface area (Å²) in [5.74, 6) is 0.418. The molecule has 0 atom stereocenters. The highest BCUT2D eigenvalue weighted by Crippen LogP contribution is 2.36. The first-order chi connectivity index (χ1) is 10.1. The minimum Gasteiger partial charge on any atom is -0.207 e. The van der Waals surface area contributed by atoms with E-state index in [9.17, 15) is 8.42 Å². The standard InChI is InChI=1S/C13H17N5O2S/c19-21(20,11-7-3-1-4-8-11)16-13(9-5-2-6-10-13)12-14-17-18-15-12/h1,3-4,7-8,16H,2,5-6,9-10H2,(H,14,15,17,18). The van der Waals surface area contributed by atoms with E-state index in [0.717, 1.165) is 19.3 Å². The minimum absolute atomic E-state index is 0.249. The molecule has 0 amide bonds. The lowest BCUT2D eigenvalue weighted by Crippen LogP contribution is -2.47. The highest BCUT2D eigenvalue weighted by Gasteiger charge is 2.41. The second-order valence-electron chi connectivity index (χ2n) is 5.30. The van der Waals surface area contributed by atoms with Crippen LogP contribution in [0.25, 0.3) is 0 Å². The largest absolute Gasteiger partial charge is 0.241 e. The Balaban J connectivity index is 1.96.